The molecule has 1 atom stereocenters. The Hall–Kier alpha value is -0.410. The molecule has 1 saturated carbocycles. The molecule has 1 N–H and O–H groups in total. The zero-order valence-electron chi connectivity index (χ0n) is 16.7. The van der Waals surface area contributed by atoms with Crippen molar-refractivity contribution in [2.75, 3.05) is 13.2 Å². The molecule has 0 saturated heterocycles. The highest BCUT2D eigenvalue weighted by atomic mass is 31.2. The van der Waals surface area contributed by atoms with E-state index in [-0.39, 0.29) is 0 Å². The first-order valence-electron chi connectivity index (χ1n) is 9.69. The molecule has 0 heterocycles. The number of hydrogen-bond donors (Lipinski definition) is 1. The lowest BCUT2D eigenvalue weighted by Gasteiger charge is -2.40. The van der Waals surface area contributed by atoms with E-state index in [4.69, 9.17) is 9.05 Å². The van der Waals surface area contributed by atoms with E-state index in [1.54, 1.807) is 0 Å². The molecule has 0 unspecified atom stereocenters. The van der Waals surface area contributed by atoms with Gasteiger partial charge in [-0.05, 0) is 60.3 Å². The topological polar surface area (TPSA) is 55.8 Å². The van der Waals surface area contributed by atoms with Crippen LogP contribution in [0.15, 0.2) is 23.3 Å². The first-order chi connectivity index (χ1) is 11.8. The first kappa shape index (κ1) is 22.6. The van der Waals surface area contributed by atoms with Gasteiger partial charge in [-0.25, -0.2) is 0 Å². The molecule has 1 aliphatic rings. The number of allylic oxidation sites excluding steroid dienone is 3. The monoisotopic (exact) mass is 372 g/mol. The van der Waals surface area contributed by atoms with E-state index in [0.717, 1.165) is 37.7 Å². The van der Waals surface area contributed by atoms with E-state index < -0.39 is 18.9 Å². The van der Waals surface area contributed by atoms with Gasteiger partial charge in [-0.3, -0.25) is 4.57 Å². The molecule has 0 radical (unpaired) electrons. The second-order valence-corrected chi connectivity index (χ2v) is 9.47. The summed E-state index contributed by atoms with van der Waals surface area (Å²) in [5, 5.41) is 11.3. The molecule has 5 heteroatoms. The van der Waals surface area contributed by atoms with Gasteiger partial charge >= 0.3 is 7.60 Å². The van der Waals surface area contributed by atoms with E-state index in [2.05, 4.69) is 19.9 Å². The molecule has 0 aliphatic heterocycles. The van der Waals surface area contributed by atoms with Crippen molar-refractivity contribution in [2.45, 2.75) is 90.8 Å². The van der Waals surface area contributed by atoms with Gasteiger partial charge in [0, 0.05) is 0 Å². The molecule has 0 bridgehead atoms. The summed E-state index contributed by atoms with van der Waals surface area (Å²) in [5.41, 5.74) is 0.827. The largest absolute Gasteiger partial charge is 0.389 e. The van der Waals surface area contributed by atoms with Crippen LogP contribution in [0.3, 0.4) is 0 Å². The van der Waals surface area contributed by atoms with Gasteiger partial charge in [0.15, 0.2) is 0 Å². The Morgan fingerprint density at radius 2 is 1.68 bits per heavy atom. The molecule has 1 fully saturated rings. The highest BCUT2D eigenvalue weighted by molar-refractivity contribution is 7.55. The highest BCUT2D eigenvalue weighted by Crippen LogP contribution is 2.59. The van der Waals surface area contributed by atoms with Crippen LogP contribution >= 0.6 is 7.60 Å². The average molecular weight is 372 g/mol. The van der Waals surface area contributed by atoms with Gasteiger partial charge in [0.25, 0.3) is 0 Å². The summed E-state index contributed by atoms with van der Waals surface area (Å²) in [6.45, 7) is 10.5. The molecule has 0 aromatic carbocycles. The lowest BCUT2D eigenvalue weighted by Crippen LogP contribution is -2.43. The van der Waals surface area contributed by atoms with Crippen molar-refractivity contribution in [1.82, 2.24) is 0 Å². The lowest BCUT2D eigenvalue weighted by molar-refractivity contribution is 0.00163. The van der Waals surface area contributed by atoms with E-state index in [9.17, 15) is 9.67 Å². The normalized spacial score (nSPS) is 19.5. The Morgan fingerprint density at radius 1 is 1.12 bits per heavy atom. The van der Waals surface area contributed by atoms with Crippen molar-refractivity contribution in [1.29, 1.82) is 0 Å². The summed E-state index contributed by atoms with van der Waals surface area (Å²) in [6, 6.07) is 0. The molecule has 146 valence electrons. The summed E-state index contributed by atoms with van der Waals surface area (Å²) in [4.78, 5) is 0. The second-order valence-electron chi connectivity index (χ2n) is 7.32. The van der Waals surface area contributed by atoms with Crippen molar-refractivity contribution in [3.8, 4) is 0 Å². The van der Waals surface area contributed by atoms with Crippen LogP contribution < -0.4 is 0 Å². The van der Waals surface area contributed by atoms with Crippen molar-refractivity contribution in [3.05, 3.63) is 23.3 Å². The number of rotatable bonds is 10. The van der Waals surface area contributed by atoms with E-state index in [1.165, 1.54) is 5.57 Å². The SMILES string of the molecule is CCOP(=O)(OCC)[C@@H](/C=C(\C)CCC=C(C)C)C1(O)CCCCC1. The fraction of sp³-hybridized carbons (Fsp3) is 0.800. The van der Waals surface area contributed by atoms with E-state index in [1.807, 2.05) is 26.8 Å². The fourth-order valence-electron chi connectivity index (χ4n) is 3.50. The maximum atomic E-state index is 13.5. The molecule has 4 nitrogen and oxygen atoms in total. The lowest BCUT2D eigenvalue weighted by atomic mass is 9.81. The minimum Gasteiger partial charge on any atom is -0.389 e. The highest BCUT2D eigenvalue weighted by Gasteiger charge is 2.49. The van der Waals surface area contributed by atoms with Gasteiger partial charge in [-0.2, -0.15) is 0 Å². The molecule has 25 heavy (non-hydrogen) atoms. The predicted octanol–water partition coefficient (Wildman–Crippen LogP) is 6.01. The summed E-state index contributed by atoms with van der Waals surface area (Å²) < 4.78 is 24.7. The molecule has 0 amide bonds. The molecular weight excluding hydrogens is 335 g/mol. The zero-order chi connectivity index (χ0) is 18.9. The summed E-state index contributed by atoms with van der Waals surface area (Å²) in [6.07, 6.45) is 10.3. The van der Waals surface area contributed by atoms with Gasteiger partial charge in [-0.1, -0.05) is 42.6 Å². The maximum Gasteiger partial charge on any atom is 0.340 e. The third-order valence-corrected chi connectivity index (χ3v) is 7.31. The van der Waals surface area contributed by atoms with Gasteiger partial charge in [0.05, 0.1) is 18.8 Å². The van der Waals surface area contributed by atoms with E-state index in [0.29, 0.717) is 26.1 Å². The van der Waals surface area contributed by atoms with Gasteiger partial charge < -0.3 is 14.2 Å². The Bertz CT molecular complexity index is 490. The zero-order valence-corrected chi connectivity index (χ0v) is 17.6. The van der Waals surface area contributed by atoms with Crippen molar-refractivity contribution >= 4 is 7.60 Å². The van der Waals surface area contributed by atoms with Gasteiger partial charge in [0.2, 0.25) is 0 Å². The summed E-state index contributed by atoms with van der Waals surface area (Å²) in [5.74, 6) is 0. The minimum atomic E-state index is -3.41. The van der Waals surface area contributed by atoms with Crippen molar-refractivity contribution < 1.29 is 18.7 Å². The molecule has 0 spiro atoms. The molecular formula is C20H37O4P. The second kappa shape index (κ2) is 10.7. The van der Waals surface area contributed by atoms with Crippen LogP contribution in [0.2, 0.25) is 0 Å². The van der Waals surface area contributed by atoms with Gasteiger partial charge in [-0.15, -0.1) is 0 Å². The average Bonchev–Trinajstić information content (AvgIpc) is 2.53. The van der Waals surface area contributed by atoms with Gasteiger partial charge in [0.1, 0.15) is 5.66 Å². The Morgan fingerprint density at radius 3 is 2.16 bits per heavy atom. The molecule has 1 rings (SSSR count). The Kier molecular flexibility index (Phi) is 9.66. The first-order valence-corrected chi connectivity index (χ1v) is 11.3. The third-order valence-electron chi connectivity index (χ3n) is 4.76. The minimum absolute atomic E-state index is 0.314. The molecule has 0 aromatic heterocycles. The Labute approximate surface area is 154 Å². The maximum absolute atomic E-state index is 13.5. The number of hydrogen-bond acceptors (Lipinski definition) is 4. The third kappa shape index (κ3) is 7.02. The van der Waals surface area contributed by atoms with Crippen molar-refractivity contribution in [3.63, 3.8) is 0 Å². The van der Waals surface area contributed by atoms with Crippen LogP contribution in [0.4, 0.5) is 0 Å². The van der Waals surface area contributed by atoms with Crippen LogP contribution in [-0.4, -0.2) is 29.6 Å². The van der Waals surface area contributed by atoms with Crippen molar-refractivity contribution in [2.24, 2.45) is 0 Å². The Balaban J connectivity index is 3.13. The summed E-state index contributed by atoms with van der Waals surface area (Å²) in [7, 11) is -3.41. The standard InChI is InChI=1S/C20H37O4P/c1-6-23-25(22,24-7-2)19(20(21)14-9-8-10-15-20)16-18(5)13-11-12-17(3)4/h12,16,19,21H,6-11,13-15H2,1-5H3/b18-16+/t19-/m0/s1. The molecule has 0 aromatic rings. The number of aliphatic hydroxyl groups is 1. The smallest absolute Gasteiger partial charge is 0.340 e. The molecule has 1 aliphatic carbocycles. The van der Waals surface area contributed by atoms with E-state index >= 15 is 0 Å². The van der Waals surface area contributed by atoms with Crippen LogP contribution in [0.25, 0.3) is 0 Å². The van der Waals surface area contributed by atoms with Crippen LogP contribution in [0, 0.1) is 0 Å². The van der Waals surface area contributed by atoms with Crippen LogP contribution in [-0.2, 0) is 13.6 Å². The predicted molar refractivity (Wildman–Crippen MR) is 105 cm³/mol. The quantitative estimate of drug-likeness (QED) is 0.377. The fourth-order valence-corrected chi connectivity index (χ4v) is 5.90. The summed E-state index contributed by atoms with van der Waals surface area (Å²) >= 11 is 0. The van der Waals surface area contributed by atoms with Crippen LogP contribution in [0.1, 0.15) is 79.6 Å². The van der Waals surface area contributed by atoms with Crippen LogP contribution in [0.5, 0.6) is 0 Å².